The van der Waals surface area contributed by atoms with E-state index in [1.165, 1.54) is 18.7 Å². The molecule has 12 heteroatoms. The largest absolute Gasteiger partial charge is 1.00 e. The number of nitrogens with zero attached hydrogens (tertiary/aromatic N) is 1. The Morgan fingerprint density at radius 3 is 2.24 bits per heavy atom. The van der Waals surface area contributed by atoms with E-state index in [4.69, 9.17) is 0 Å². The van der Waals surface area contributed by atoms with Gasteiger partial charge in [0.2, 0.25) is 0 Å². The quantitative estimate of drug-likeness (QED) is 0.271. The SMILES string of the molecule is CC(=O)SCC[N+]1(C)CCCC2CC(P(=O)(O)O)(P(=O)(O)O)CC21.[Br-]. The molecule has 8 nitrogen and oxygen atoms in total. The molecule has 0 radical (unpaired) electrons. The van der Waals surface area contributed by atoms with E-state index in [0.29, 0.717) is 16.8 Å². The van der Waals surface area contributed by atoms with E-state index >= 15 is 0 Å². The smallest absolute Gasteiger partial charge is 0.344 e. The number of fused-ring (bicyclic) bond motifs is 1. The molecule has 2 aliphatic rings. The first-order valence-corrected chi connectivity index (χ1v) is 12.1. The first kappa shape index (κ1) is 23.8. The van der Waals surface area contributed by atoms with Gasteiger partial charge in [0.1, 0.15) is 0 Å². The normalized spacial score (nSPS) is 31.9. The van der Waals surface area contributed by atoms with Gasteiger partial charge in [-0.2, -0.15) is 0 Å². The second-order valence-electron chi connectivity index (χ2n) is 7.22. The molecule has 1 saturated heterocycles. The lowest BCUT2D eigenvalue weighted by Gasteiger charge is -2.46. The molecular weight excluding hydrogens is 456 g/mol. The molecule has 2 rings (SSSR count). The van der Waals surface area contributed by atoms with Crippen LogP contribution in [0.5, 0.6) is 0 Å². The Morgan fingerprint density at radius 1 is 1.20 bits per heavy atom. The highest BCUT2D eigenvalue weighted by atomic mass is 79.9. The highest BCUT2D eigenvalue weighted by Gasteiger charge is 2.69. The molecule has 1 aliphatic heterocycles. The highest BCUT2D eigenvalue weighted by Crippen LogP contribution is 2.76. The number of halogens is 1. The van der Waals surface area contributed by atoms with Gasteiger partial charge >= 0.3 is 15.2 Å². The molecule has 0 aromatic rings. The van der Waals surface area contributed by atoms with Crippen LogP contribution in [-0.4, -0.2) is 66.0 Å². The van der Waals surface area contributed by atoms with Gasteiger partial charge in [-0.3, -0.25) is 13.9 Å². The Bertz CT molecular complexity index is 587. The molecular formula is C13H26BrNO7P2S. The van der Waals surface area contributed by atoms with Crippen molar-refractivity contribution in [2.75, 3.05) is 25.9 Å². The summed E-state index contributed by atoms with van der Waals surface area (Å²) in [7, 11) is -7.97. The average molecular weight is 482 g/mol. The predicted octanol–water partition coefficient (Wildman–Crippen LogP) is -1.66. The number of hydrogen-bond acceptors (Lipinski definition) is 4. The molecule has 1 heterocycles. The molecule has 0 aromatic carbocycles. The van der Waals surface area contributed by atoms with E-state index in [0.717, 1.165) is 19.4 Å². The Morgan fingerprint density at radius 2 is 1.76 bits per heavy atom. The van der Waals surface area contributed by atoms with E-state index < -0.39 is 20.1 Å². The van der Waals surface area contributed by atoms with Gasteiger partial charge in [0.05, 0.1) is 31.9 Å². The number of carbonyl (C=O) groups excluding carboxylic acids is 1. The van der Waals surface area contributed by atoms with E-state index in [2.05, 4.69) is 0 Å². The average Bonchev–Trinajstić information content (AvgIpc) is 2.80. The maximum absolute atomic E-state index is 12.0. The number of thioether (sulfide) groups is 1. The van der Waals surface area contributed by atoms with Crippen LogP contribution in [-0.2, 0) is 13.9 Å². The van der Waals surface area contributed by atoms with Gasteiger partial charge in [-0.25, -0.2) is 0 Å². The predicted molar refractivity (Wildman–Crippen MR) is 91.6 cm³/mol. The summed E-state index contributed by atoms with van der Waals surface area (Å²) >= 11 is 1.21. The maximum atomic E-state index is 12.0. The van der Waals surface area contributed by atoms with Crippen LogP contribution in [0.2, 0.25) is 0 Å². The van der Waals surface area contributed by atoms with Gasteiger partial charge in [0, 0.05) is 19.3 Å². The van der Waals surface area contributed by atoms with Crippen molar-refractivity contribution in [1.29, 1.82) is 0 Å². The van der Waals surface area contributed by atoms with E-state index in [1.54, 1.807) is 0 Å². The molecule has 25 heavy (non-hydrogen) atoms. The van der Waals surface area contributed by atoms with E-state index in [1.807, 2.05) is 7.05 Å². The summed E-state index contributed by atoms with van der Waals surface area (Å²) in [6, 6.07) is -0.202. The van der Waals surface area contributed by atoms with Crippen LogP contribution >= 0.6 is 27.0 Å². The number of quaternary nitrogens is 1. The molecule has 3 unspecified atom stereocenters. The zero-order chi connectivity index (χ0) is 18.4. The summed E-state index contributed by atoms with van der Waals surface area (Å²) in [5.41, 5.74) is 0. The minimum absolute atomic E-state index is 0. The molecule has 2 fully saturated rings. The van der Waals surface area contributed by atoms with Gasteiger partial charge in [-0.15, -0.1) is 0 Å². The fourth-order valence-corrected chi connectivity index (χ4v) is 8.31. The first-order chi connectivity index (χ1) is 10.8. The van der Waals surface area contributed by atoms with Crippen LogP contribution in [0.25, 0.3) is 0 Å². The second-order valence-corrected chi connectivity index (χ2v) is 12.7. The van der Waals surface area contributed by atoms with Gasteiger partial charge in [0.15, 0.2) is 10.0 Å². The third kappa shape index (κ3) is 4.61. The number of likely N-dealkylation sites (tertiary alicyclic amines) is 1. The van der Waals surface area contributed by atoms with Crippen LogP contribution in [0.3, 0.4) is 0 Å². The van der Waals surface area contributed by atoms with Crippen molar-refractivity contribution in [3.05, 3.63) is 0 Å². The Kier molecular flexibility index (Phi) is 7.63. The summed E-state index contributed by atoms with van der Waals surface area (Å²) in [6.07, 6.45) is 1.26. The third-order valence-corrected chi connectivity index (χ3v) is 11.0. The number of carbonyl (C=O) groups is 1. The van der Waals surface area contributed by atoms with Gasteiger partial charge in [0.25, 0.3) is 0 Å². The summed E-state index contributed by atoms with van der Waals surface area (Å²) in [4.78, 5) is 47.8. The Labute approximate surface area is 162 Å². The Balaban J connectivity index is 0.00000312. The van der Waals surface area contributed by atoms with Crippen LogP contribution in [0, 0.1) is 5.92 Å². The Hall–Kier alpha value is 0.760. The van der Waals surface area contributed by atoms with Crippen LogP contribution in [0.1, 0.15) is 32.6 Å². The van der Waals surface area contributed by atoms with Crippen molar-refractivity contribution in [2.45, 2.75) is 43.5 Å². The van der Waals surface area contributed by atoms with Gasteiger partial charge in [-0.05, 0) is 19.3 Å². The molecule has 0 amide bonds. The fraction of sp³-hybridized carbons (Fsp3) is 0.923. The summed E-state index contributed by atoms with van der Waals surface area (Å²) in [5, 5.41) is 0.0152. The monoisotopic (exact) mass is 481 g/mol. The number of piperidine rings is 1. The minimum Gasteiger partial charge on any atom is -1.00 e. The lowest BCUT2D eigenvalue weighted by atomic mass is 9.90. The molecule has 4 N–H and O–H groups in total. The van der Waals surface area contributed by atoms with Crippen molar-refractivity contribution in [2.24, 2.45) is 5.92 Å². The summed E-state index contributed by atoms with van der Waals surface area (Å²) in [6.45, 7) is 2.92. The molecule has 0 bridgehead atoms. The molecule has 148 valence electrons. The van der Waals surface area contributed by atoms with Crippen molar-refractivity contribution in [3.63, 3.8) is 0 Å². The van der Waals surface area contributed by atoms with Gasteiger partial charge in [-0.1, -0.05) is 11.8 Å². The topological polar surface area (TPSA) is 132 Å². The maximum Gasteiger partial charge on any atom is 0.344 e. The van der Waals surface area contributed by atoms with Crippen molar-refractivity contribution in [1.82, 2.24) is 0 Å². The summed E-state index contributed by atoms with van der Waals surface area (Å²) < 4.78 is 24.5. The van der Waals surface area contributed by atoms with Crippen LogP contribution in [0.15, 0.2) is 0 Å². The second kappa shape index (κ2) is 8.02. The van der Waals surface area contributed by atoms with Crippen LogP contribution < -0.4 is 17.0 Å². The van der Waals surface area contributed by atoms with E-state index in [9.17, 15) is 33.5 Å². The molecule has 1 saturated carbocycles. The fourth-order valence-electron chi connectivity index (χ4n) is 4.37. The van der Waals surface area contributed by atoms with Crippen molar-refractivity contribution < 1.29 is 55.0 Å². The number of hydrogen-bond donors (Lipinski definition) is 4. The van der Waals surface area contributed by atoms with E-state index in [-0.39, 0.29) is 46.9 Å². The highest BCUT2D eigenvalue weighted by molar-refractivity contribution is 8.13. The zero-order valence-electron chi connectivity index (χ0n) is 14.2. The lowest BCUT2D eigenvalue weighted by Crippen LogP contribution is -3.00. The zero-order valence-corrected chi connectivity index (χ0v) is 18.4. The number of rotatable bonds is 5. The minimum atomic E-state index is -4.97. The van der Waals surface area contributed by atoms with Gasteiger partial charge < -0.3 is 41.0 Å². The third-order valence-electron chi connectivity index (χ3n) is 5.71. The van der Waals surface area contributed by atoms with Crippen molar-refractivity contribution >= 4 is 32.1 Å². The molecule has 3 atom stereocenters. The molecule has 1 aliphatic carbocycles. The first-order valence-electron chi connectivity index (χ1n) is 7.91. The van der Waals surface area contributed by atoms with Crippen LogP contribution in [0.4, 0.5) is 0 Å². The van der Waals surface area contributed by atoms with Crippen molar-refractivity contribution in [3.8, 4) is 0 Å². The summed E-state index contributed by atoms with van der Waals surface area (Å²) in [5.74, 6) is 0.472. The molecule has 0 spiro atoms. The molecule has 0 aromatic heterocycles. The standard InChI is InChI=1S/C13H25NO7P2S.BrH/c1-10(15)24-7-6-14(2)5-3-4-11-8-13(9-12(11)14,22(16,17)18)23(19,20)21;/h11-12H,3-9H2,1-2H3,(H3-,16,17,18,19,20,21);1H. The lowest BCUT2D eigenvalue weighted by molar-refractivity contribution is -0.938.